The van der Waals surface area contributed by atoms with Crippen LogP contribution in [0.1, 0.15) is 24.0 Å². The first-order chi connectivity index (χ1) is 15.2. The fourth-order valence-electron chi connectivity index (χ4n) is 3.81. The van der Waals surface area contributed by atoms with Crippen LogP contribution in [-0.4, -0.2) is 73.7 Å². The molecule has 0 amide bonds. The molecule has 4 rings (SSSR count). The minimum absolute atomic E-state index is 0.192. The van der Waals surface area contributed by atoms with Gasteiger partial charge in [0, 0.05) is 37.9 Å². The molecular weight excluding hydrogens is 425 g/mol. The van der Waals surface area contributed by atoms with E-state index in [9.17, 15) is 13.2 Å². The van der Waals surface area contributed by atoms with Gasteiger partial charge in [0.25, 0.3) is 0 Å². The van der Waals surface area contributed by atoms with Gasteiger partial charge in [0.15, 0.2) is 17.0 Å². The fourth-order valence-corrected chi connectivity index (χ4v) is 3.81. The third kappa shape index (κ3) is 5.01. The van der Waals surface area contributed by atoms with E-state index in [1.807, 2.05) is 41.6 Å². The molecule has 3 aromatic heterocycles. The van der Waals surface area contributed by atoms with Crippen LogP contribution in [0.15, 0.2) is 12.5 Å². The van der Waals surface area contributed by atoms with Crippen LogP contribution in [0.2, 0.25) is 0 Å². The number of hydrogen-bond donors (Lipinski definition) is 0. The Hall–Kier alpha value is -2.73. The summed E-state index contributed by atoms with van der Waals surface area (Å²) in [4.78, 5) is 17.4. The SMILES string of the molecule is CCn1cc(CN(C)Cc2nc(N3CCOCC3)c3ncn(CC(F)(F)F)c3n2)c(C)n1. The van der Waals surface area contributed by atoms with Crippen molar-refractivity contribution in [2.45, 2.75) is 46.2 Å². The Kier molecular flexibility index (Phi) is 6.33. The summed E-state index contributed by atoms with van der Waals surface area (Å²) in [6, 6.07) is 0. The molecule has 0 unspecified atom stereocenters. The number of ether oxygens (including phenoxy) is 1. The highest BCUT2D eigenvalue weighted by Crippen LogP contribution is 2.26. The molecule has 0 radical (unpaired) electrons. The van der Waals surface area contributed by atoms with Gasteiger partial charge < -0.3 is 14.2 Å². The second-order valence-electron chi connectivity index (χ2n) is 7.99. The van der Waals surface area contributed by atoms with Crippen molar-refractivity contribution in [1.82, 2.24) is 34.2 Å². The quantitative estimate of drug-likeness (QED) is 0.545. The maximum atomic E-state index is 13.1. The van der Waals surface area contributed by atoms with Crippen molar-refractivity contribution in [2.24, 2.45) is 0 Å². The molecule has 174 valence electrons. The van der Waals surface area contributed by atoms with Crippen LogP contribution in [0, 0.1) is 6.92 Å². The smallest absolute Gasteiger partial charge is 0.378 e. The van der Waals surface area contributed by atoms with Gasteiger partial charge in [-0.25, -0.2) is 15.0 Å². The summed E-state index contributed by atoms with van der Waals surface area (Å²) in [7, 11) is 1.93. The Labute approximate surface area is 183 Å². The van der Waals surface area contributed by atoms with Crippen molar-refractivity contribution in [3.63, 3.8) is 0 Å². The van der Waals surface area contributed by atoms with E-state index in [-0.39, 0.29) is 5.65 Å². The molecule has 0 aromatic carbocycles. The number of anilines is 1. The van der Waals surface area contributed by atoms with Crippen molar-refractivity contribution in [3.8, 4) is 0 Å². The number of alkyl halides is 3. The van der Waals surface area contributed by atoms with E-state index < -0.39 is 12.7 Å². The predicted octanol–water partition coefficient (Wildman–Crippen LogP) is 2.38. The minimum atomic E-state index is -4.37. The first-order valence-corrected chi connectivity index (χ1v) is 10.6. The van der Waals surface area contributed by atoms with Crippen LogP contribution in [-0.2, 0) is 30.9 Å². The largest absolute Gasteiger partial charge is 0.406 e. The highest BCUT2D eigenvalue weighted by Gasteiger charge is 2.30. The molecule has 1 aliphatic rings. The van der Waals surface area contributed by atoms with Gasteiger partial charge in [-0.2, -0.15) is 18.3 Å². The van der Waals surface area contributed by atoms with Crippen LogP contribution < -0.4 is 4.90 Å². The number of aromatic nitrogens is 6. The molecule has 4 heterocycles. The van der Waals surface area contributed by atoms with Crippen LogP contribution in [0.25, 0.3) is 11.2 Å². The Morgan fingerprint density at radius 1 is 1.16 bits per heavy atom. The van der Waals surface area contributed by atoms with E-state index >= 15 is 0 Å². The lowest BCUT2D eigenvalue weighted by Crippen LogP contribution is -2.37. The maximum absolute atomic E-state index is 13.1. The van der Waals surface area contributed by atoms with Gasteiger partial charge in [-0.05, 0) is 20.9 Å². The first-order valence-electron chi connectivity index (χ1n) is 10.6. The average molecular weight is 452 g/mol. The Morgan fingerprint density at radius 2 is 1.91 bits per heavy atom. The molecule has 1 aliphatic heterocycles. The van der Waals surface area contributed by atoms with Crippen LogP contribution in [0.3, 0.4) is 0 Å². The fraction of sp³-hybridized carbons (Fsp3) is 0.600. The van der Waals surface area contributed by atoms with Gasteiger partial charge in [-0.3, -0.25) is 9.58 Å². The molecule has 0 atom stereocenters. The molecule has 3 aromatic rings. The molecule has 0 saturated carbocycles. The van der Waals surface area contributed by atoms with Gasteiger partial charge in [-0.15, -0.1) is 0 Å². The van der Waals surface area contributed by atoms with Crippen LogP contribution in [0.5, 0.6) is 0 Å². The molecule has 1 saturated heterocycles. The minimum Gasteiger partial charge on any atom is -0.378 e. The molecule has 9 nitrogen and oxygen atoms in total. The van der Waals surface area contributed by atoms with E-state index in [4.69, 9.17) is 9.72 Å². The van der Waals surface area contributed by atoms with Crippen molar-refractivity contribution in [3.05, 3.63) is 29.6 Å². The lowest BCUT2D eigenvalue weighted by atomic mass is 10.2. The predicted molar refractivity (Wildman–Crippen MR) is 112 cm³/mol. The second-order valence-corrected chi connectivity index (χ2v) is 7.99. The summed E-state index contributed by atoms with van der Waals surface area (Å²) < 4.78 is 47.6. The monoisotopic (exact) mass is 452 g/mol. The van der Waals surface area contributed by atoms with Crippen molar-refractivity contribution < 1.29 is 17.9 Å². The zero-order chi connectivity index (χ0) is 22.9. The highest BCUT2D eigenvalue weighted by molar-refractivity contribution is 5.83. The molecule has 0 N–H and O–H groups in total. The topological polar surface area (TPSA) is 77.1 Å². The molecule has 12 heteroatoms. The lowest BCUT2D eigenvalue weighted by Gasteiger charge is -2.28. The number of aryl methyl sites for hydroxylation is 2. The van der Waals surface area contributed by atoms with Crippen molar-refractivity contribution in [1.29, 1.82) is 0 Å². The Morgan fingerprint density at radius 3 is 2.56 bits per heavy atom. The molecule has 0 bridgehead atoms. The summed E-state index contributed by atoms with van der Waals surface area (Å²) >= 11 is 0. The van der Waals surface area contributed by atoms with E-state index in [1.165, 1.54) is 6.33 Å². The molecular formula is C20H27F3N8O. The summed E-state index contributed by atoms with van der Waals surface area (Å²) in [5.74, 6) is 1.00. The van der Waals surface area contributed by atoms with E-state index in [1.54, 1.807) is 0 Å². The average Bonchev–Trinajstić information content (AvgIpc) is 3.30. The van der Waals surface area contributed by atoms with Gasteiger partial charge in [0.1, 0.15) is 12.4 Å². The summed E-state index contributed by atoms with van der Waals surface area (Å²) in [5, 5.41) is 4.47. The third-order valence-corrected chi connectivity index (χ3v) is 5.38. The van der Waals surface area contributed by atoms with Crippen molar-refractivity contribution in [2.75, 3.05) is 38.3 Å². The molecule has 1 fully saturated rings. The zero-order valence-corrected chi connectivity index (χ0v) is 18.4. The number of nitrogens with zero attached hydrogens (tertiary/aromatic N) is 8. The van der Waals surface area contributed by atoms with Crippen LogP contribution >= 0.6 is 0 Å². The third-order valence-electron chi connectivity index (χ3n) is 5.38. The summed E-state index contributed by atoms with van der Waals surface area (Å²) in [6.45, 7) is 6.90. The Bertz CT molecular complexity index is 1070. The number of fused-ring (bicyclic) bond motifs is 1. The molecule has 32 heavy (non-hydrogen) atoms. The van der Waals surface area contributed by atoms with Crippen LogP contribution in [0.4, 0.5) is 19.0 Å². The number of hydrogen-bond acceptors (Lipinski definition) is 7. The molecule has 0 aliphatic carbocycles. The normalized spacial score (nSPS) is 15.3. The second kappa shape index (κ2) is 9.02. The van der Waals surface area contributed by atoms with Crippen molar-refractivity contribution >= 4 is 17.0 Å². The van der Waals surface area contributed by atoms with Gasteiger partial charge >= 0.3 is 6.18 Å². The number of halogens is 3. The number of rotatable bonds is 7. The number of morpholine rings is 1. The number of imidazole rings is 1. The summed E-state index contributed by atoms with van der Waals surface area (Å²) in [6.07, 6.45) is -1.17. The van der Waals surface area contributed by atoms with E-state index in [2.05, 4.69) is 15.1 Å². The lowest BCUT2D eigenvalue weighted by molar-refractivity contribution is -0.140. The van der Waals surface area contributed by atoms with Gasteiger partial charge in [0.05, 0.1) is 31.8 Å². The highest BCUT2D eigenvalue weighted by atomic mass is 19.4. The van der Waals surface area contributed by atoms with Gasteiger partial charge in [0.2, 0.25) is 0 Å². The standard InChI is InChI=1S/C20H27F3N8O/c1-4-31-10-15(14(2)27-31)9-28(3)11-16-25-18(29-5-7-32-8-6-29)17-19(26-16)30(13-24-17)12-20(21,22)23/h10,13H,4-9,11-12H2,1-3H3. The molecule has 0 spiro atoms. The first kappa shape index (κ1) is 22.5. The zero-order valence-electron chi connectivity index (χ0n) is 18.4. The van der Waals surface area contributed by atoms with Gasteiger partial charge in [-0.1, -0.05) is 0 Å². The van der Waals surface area contributed by atoms with E-state index in [0.717, 1.165) is 22.4 Å². The Balaban J connectivity index is 1.64. The summed E-state index contributed by atoms with van der Waals surface area (Å²) in [5.41, 5.74) is 2.61. The van der Waals surface area contributed by atoms with E-state index in [0.29, 0.717) is 56.6 Å². The maximum Gasteiger partial charge on any atom is 0.406 e.